The summed E-state index contributed by atoms with van der Waals surface area (Å²) in [4.78, 5) is 24.5. The summed E-state index contributed by atoms with van der Waals surface area (Å²) < 4.78 is 5.46. The zero-order valence-electron chi connectivity index (χ0n) is 41.1. The second-order valence-corrected chi connectivity index (χ2v) is 18.2. The summed E-state index contributed by atoms with van der Waals surface area (Å²) in [6, 6.07) is -0.586. The van der Waals surface area contributed by atoms with Crippen molar-refractivity contribution in [1.82, 2.24) is 5.32 Å². The molecule has 0 heterocycles. The lowest BCUT2D eigenvalue weighted by atomic mass is 10.0. The summed E-state index contributed by atoms with van der Waals surface area (Å²) in [5.41, 5.74) is 0. The van der Waals surface area contributed by atoms with Gasteiger partial charge in [0.15, 0.2) is 0 Å². The zero-order chi connectivity index (χ0) is 45.1. The number of amides is 1. The standard InChI is InChI=1S/C56H103NO5/c1-3-5-7-9-11-13-15-17-19-20-21-22-26-30-34-38-42-46-50-56(61)62-51-47-43-39-35-31-27-23-25-29-33-37-41-45-49-55(60)57-53(52-58)54(59)48-44-40-36-32-28-24-18-16-14-12-10-8-6-4-2/h13,15,19-20,25,29,37,41,53-54,58-59H,3-12,14,16-18,21-24,26-28,30-36,38-40,42-52H2,1-2H3,(H,57,60)/b15-13-,20-19-,29-25-,41-37-. The number of rotatable bonds is 49. The van der Waals surface area contributed by atoms with Crippen LogP contribution in [0.25, 0.3) is 0 Å². The highest BCUT2D eigenvalue weighted by atomic mass is 16.5. The van der Waals surface area contributed by atoms with E-state index in [9.17, 15) is 19.8 Å². The molecule has 0 aromatic heterocycles. The number of aliphatic hydroxyl groups excluding tert-OH is 2. The Morgan fingerprint density at radius 2 is 0.823 bits per heavy atom. The Bertz CT molecular complexity index is 1050. The van der Waals surface area contributed by atoms with Crippen molar-refractivity contribution in [2.45, 2.75) is 283 Å². The van der Waals surface area contributed by atoms with Crippen LogP contribution in [-0.4, -0.2) is 47.4 Å². The SMILES string of the molecule is CCCCCC/C=C\C/C=C\CCCCCCCCCC(=O)OCCCCCCCC/C=C\C/C=C\CCC(=O)NC(CO)C(O)CCCCCCCCCCCCCCCC. The predicted octanol–water partition coefficient (Wildman–Crippen LogP) is 16.2. The van der Waals surface area contributed by atoms with Crippen molar-refractivity contribution in [3.63, 3.8) is 0 Å². The van der Waals surface area contributed by atoms with E-state index in [-0.39, 0.29) is 18.5 Å². The van der Waals surface area contributed by atoms with Crippen LogP contribution in [0, 0.1) is 0 Å². The Morgan fingerprint density at radius 3 is 1.27 bits per heavy atom. The fourth-order valence-electron chi connectivity index (χ4n) is 7.95. The minimum absolute atomic E-state index is 0.0249. The Kier molecular flexibility index (Phi) is 49.6. The Hall–Kier alpha value is -2.18. The first-order valence-electron chi connectivity index (χ1n) is 26.9. The van der Waals surface area contributed by atoms with Gasteiger partial charge in [-0.3, -0.25) is 9.59 Å². The lowest BCUT2D eigenvalue weighted by Gasteiger charge is -2.22. The molecule has 0 bridgehead atoms. The van der Waals surface area contributed by atoms with Crippen molar-refractivity contribution < 1.29 is 24.5 Å². The molecule has 362 valence electrons. The van der Waals surface area contributed by atoms with Gasteiger partial charge in [-0.1, -0.05) is 229 Å². The smallest absolute Gasteiger partial charge is 0.305 e. The van der Waals surface area contributed by atoms with Crippen LogP contribution in [0.1, 0.15) is 271 Å². The number of hydrogen-bond donors (Lipinski definition) is 3. The molecule has 0 aliphatic heterocycles. The average Bonchev–Trinajstić information content (AvgIpc) is 3.27. The summed E-state index contributed by atoms with van der Waals surface area (Å²) in [5.74, 6) is -0.142. The number of unbranched alkanes of at least 4 members (excludes halogenated alkanes) is 30. The molecule has 62 heavy (non-hydrogen) atoms. The van der Waals surface area contributed by atoms with Crippen LogP contribution in [0.5, 0.6) is 0 Å². The van der Waals surface area contributed by atoms with E-state index < -0.39 is 12.1 Å². The van der Waals surface area contributed by atoms with Crippen LogP contribution in [0.4, 0.5) is 0 Å². The average molecular weight is 870 g/mol. The second-order valence-electron chi connectivity index (χ2n) is 18.2. The molecule has 1 amide bonds. The normalized spacial score (nSPS) is 13.0. The largest absolute Gasteiger partial charge is 0.466 e. The third-order valence-corrected chi connectivity index (χ3v) is 12.1. The van der Waals surface area contributed by atoms with E-state index >= 15 is 0 Å². The molecule has 0 radical (unpaired) electrons. The molecule has 3 N–H and O–H groups in total. The van der Waals surface area contributed by atoms with Crippen molar-refractivity contribution in [1.29, 1.82) is 0 Å². The lowest BCUT2D eigenvalue weighted by molar-refractivity contribution is -0.143. The van der Waals surface area contributed by atoms with Gasteiger partial charge in [0, 0.05) is 12.8 Å². The topological polar surface area (TPSA) is 95.9 Å². The Balaban J connectivity index is 3.55. The maximum Gasteiger partial charge on any atom is 0.305 e. The van der Waals surface area contributed by atoms with Gasteiger partial charge in [0.1, 0.15) is 0 Å². The van der Waals surface area contributed by atoms with E-state index in [0.29, 0.717) is 32.3 Å². The summed E-state index contributed by atoms with van der Waals surface area (Å²) in [6.45, 7) is 4.86. The van der Waals surface area contributed by atoms with E-state index in [4.69, 9.17) is 4.74 Å². The Labute approximate surface area is 385 Å². The highest BCUT2D eigenvalue weighted by molar-refractivity contribution is 5.76. The number of esters is 1. The molecule has 0 aliphatic rings. The highest BCUT2D eigenvalue weighted by Crippen LogP contribution is 2.16. The molecular weight excluding hydrogens is 767 g/mol. The fraction of sp³-hybridized carbons (Fsp3) is 0.821. The van der Waals surface area contributed by atoms with Crippen molar-refractivity contribution in [3.8, 4) is 0 Å². The van der Waals surface area contributed by atoms with Gasteiger partial charge in [-0.05, 0) is 77.0 Å². The number of hydrogen-bond acceptors (Lipinski definition) is 5. The van der Waals surface area contributed by atoms with Gasteiger partial charge in [0.2, 0.25) is 5.91 Å². The molecule has 0 aromatic carbocycles. The van der Waals surface area contributed by atoms with Crippen LogP contribution in [0.3, 0.4) is 0 Å². The summed E-state index contributed by atoms with van der Waals surface area (Å²) >= 11 is 0. The highest BCUT2D eigenvalue weighted by Gasteiger charge is 2.19. The number of nitrogens with one attached hydrogen (secondary N) is 1. The van der Waals surface area contributed by atoms with Crippen molar-refractivity contribution in [3.05, 3.63) is 48.6 Å². The molecule has 0 aromatic rings. The first-order valence-corrected chi connectivity index (χ1v) is 26.9. The minimum Gasteiger partial charge on any atom is -0.466 e. The summed E-state index contributed by atoms with van der Waals surface area (Å²) in [6.07, 6.45) is 63.8. The van der Waals surface area contributed by atoms with Crippen LogP contribution in [-0.2, 0) is 14.3 Å². The first-order chi connectivity index (χ1) is 30.5. The minimum atomic E-state index is -0.700. The predicted molar refractivity (Wildman–Crippen MR) is 269 cm³/mol. The Morgan fingerprint density at radius 1 is 0.452 bits per heavy atom. The van der Waals surface area contributed by atoms with E-state index in [1.54, 1.807) is 0 Å². The molecule has 0 saturated carbocycles. The maximum atomic E-state index is 12.4. The number of carbonyl (C=O) groups is 2. The molecule has 0 saturated heterocycles. The zero-order valence-corrected chi connectivity index (χ0v) is 41.1. The lowest BCUT2D eigenvalue weighted by Crippen LogP contribution is -2.45. The third-order valence-electron chi connectivity index (χ3n) is 12.1. The van der Waals surface area contributed by atoms with Crippen molar-refractivity contribution in [2.75, 3.05) is 13.2 Å². The maximum absolute atomic E-state index is 12.4. The van der Waals surface area contributed by atoms with Gasteiger partial charge in [0.05, 0.1) is 25.4 Å². The number of carbonyl (C=O) groups excluding carboxylic acids is 2. The van der Waals surface area contributed by atoms with Crippen LogP contribution in [0.2, 0.25) is 0 Å². The molecule has 0 spiro atoms. The summed E-state index contributed by atoms with van der Waals surface area (Å²) in [7, 11) is 0. The quantitative estimate of drug-likeness (QED) is 0.0322. The first kappa shape index (κ1) is 59.8. The van der Waals surface area contributed by atoms with E-state index in [2.05, 4.69) is 61.7 Å². The number of aliphatic hydroxyl groups is 2. The molecule has 0 rings (SSSR count). The summed E-state index contributed by atoms with van der Waals surface area (Å²) in [5, 5.41) is 23.1. The molecule has 0 aliphatic carbocycles. The fourth-order valence-corrected chi connectivity index (χ4v) is 7.95. The molecular formula is C56H103NO5. The van der Waals surface area contributed by atoms with E-state index in [1.807, 2.05) is 6.08 Å². The van der Waals surface area contributed by atoms with Gasteiger partial charge in [-0.25, -0.2) is 0 Å². The van der Waals surface area contributed by atoms with Gasteiger partial charge in [-0.2, -0.15) is 0 Å². The molecule has 6 heteroatoms. The second kappa shape index (κ2) is 51.5. The van der Waals surface area contributed by atoms with E-state index in [1.165, 1.54) is 173 Å². The van der Waals surface area contributed by atoms with Gasteiger partial charge in [-0.15, -0.1) is 0 Å². The number of ether oxygens (including phenoxy) is 1. The van der Waals surface area contributed by atoms with E-state index in [0.717, 1.165) is 57.8 Å². The van der Waals surface area contributed by atoms with Crippen LogP contribution < -0.4 is 5.32 Å². The van der Waals surface area contributed by atoms with Crippen molar-refractivity contribution >= 4 is 11.9 Å². The number of allylic oxidation sites excluding steroid dienone is 8. The third kappa shape index (κ3) is 47.3. The molecule has 2 unspecified atom stereocenters. The van der Waals surface area contributed by atoms with Crippen molar-refractivity contribution in [2.24, 2.45) is 0 Å². The van der Waals surface area contributed by atoms with Gasteiger partial charge >= 0.3 is 5.97 Å². The molecule has 6 nitrogen and oxygen atoms in total. The van der Waals surface area contributed by atoms with Gasteiger partial charge < -0.3 is 20.3 Å². The molecule has 0 fully saturated rings. The van der Waals surface area contributed by atoms with Gasteiger partial charge in [0.25, 0.3) is 0 Å². The monoisotopic (exact) mass is 870 g/mol. The van der Waals surface area contributed by atoms with Crippen LogP contribution in [0.15, 0.2) is 48.6 Å². The van der Waals surface area contributed by atoms with Crippen LogP contribution >= 0.6 is 0 Å². The molecule has 2 atom stereocenters.